The highest BCUT2D eigenvalue weighted by atomic mass is 16.4. The average Bonchev–Trinajstić information content (AvgIpc) is 2.22. The predicted molar refractivity (Wildman–Crippen MR) is 51.9 cm³/mol. The van der Waals surface area contributed by atoms with Crippen LogP contribution in [0.1, 0.15) is 6.92 Å². The number of nitrogens with two attached hydrogens (primary N) is 1. The fourth-order valence-electron chi connectivity index (χ4n) is 1.07. The van der Waals surface area contributed by atoms with Gasteiger partial charge in [-0.15, -0.1) is 0 Å². The molecule has 0 bridgehead atoms. The number of aliphatic hydroxyl groups is 4. The fourth-order valence-corrected chi connectivity index (χ4v) is 1.07. The highest BCUT2D eigenvalue weighted by Crippen LogP contribution is 2.11. The van der Waals surface area contributed by atoms with Gasteiger partial charge in [-0.05, 0) is 0 Å². The summed E-state index contributed by atoms with van der Waals surface area (Å²) < 4.78 is 0. The van der Waals surface area contributed by atoms with Crippen LogP contribution in [0.5, 0.6) is 0 Å². The molecular weight excluding hydrogens is 220 g/mol. The molecule has 8 nitrogen and oxygen atoms in total. The van der Waals surface area contributed by atoms with Crippen molar-refractivity contribution in [2.75, 3.05) is 6.61 Å². The number of amides is 1. The third-order valence-corrected chi connectivity index (χ3v) is 2.02. The molecule has 16 heavy (non-hydrogen) atoms. The molecular formula is C8H16N2O6. The van der Waals surface area contributed by atoms with Crippen molar-refractivity contribution in [2.24, 2.45) is 5.73 Å². The van der Waals surface area contributed by atoms with Crippen LogP contribution in [-0.2, 0) is 9.59 Å². The molecule has 0 heterocycles. The molecule has 1 amide bonds. The zero-order valence-electron chi connectivity index (χ0n) is 8.70. The Morgan fingerprint density at radius 1 is 1.56 bits per heavy atom. The number of aliphatic hydroxyl groups excluding tert-OH is 3. The van der Waals surface area contributed by atoms with Gasteiger partial charge in [-0.2, -0.15) is 0 Å². The first-order valence-electron chi connectivity index (χ1n) is 4.48. The molecule has 0 aromatic heterocycles. The molecule has 0 rings (SSSR count). The van der Waals surface area contributed by atoms with E-state index in [1.807, 2.05) is 5.32 Å². The van der Waals surface area contributed by atoms with Gasteiger partial charge in [0.1, 0.15) is 24.5 Å². The zero-order valence-corrected chi connectivity index (χ0v) is 8.70. The quantitative estimate of drug-likeness (QED) is 0.203. The maximum Gasteiger partial charge on any atom is 0.217 e. The van der Waals surface area contributed by atoms with Gasteiger partial charge in [-0.25, -0.2) is 0 Å². The molecule has 94 valence electrons. The minimum absolute atomic E-state index is 0.120. The molecule has 0 radical (unpaired) electrons. The van der Waals surface area contributed by atoms with Crippen LogP contribution >= 0.6 is 0 Å². The zero-order chi connectivity index (χ0) is 12.9. The second-order valence-corrected chi connectivity index (χ2v) is 3.40. The first kappa shape index (κ1) is 14.9. The fraction of sp³-hybridized carbons (Fsp3) is 0.750. The third kappa shape index (κ3) is 3.51. The number of carbonyl (C=O) groups excluding carboxylic acids is 2. The molecule has 0 saturated heterocycles. The molecule has 0 spiro atoms. The Morgan fingerprint density at radius 3 is 2.38 bits per heavy atom. The van der Waals surface area contributed by atoms with E-state index in [9.17, 15) is 19.8 Å². The molecule has 0 aromatic carbocycles. The highest BCUT2D eigenvalue weighted by molar-refractivity contribution is 5.77. The van der Waals surface area contributed by atoms with Gasteiger partial charge in [0.05, 0.1) is 6.61 Å². The number of carbonyl (C=O) groups is 2. The molecule has 0 aromatic rings. The van der Waals surface area contributed by atoms with Crippen molar-refractivity contribution < 1.29 is 30.0 Å². The summed E-state index contributed by atoms with van der Waals surface area (Å²) in [5, 5.41) is 38.6. The van der Waals surface area contributed by atoms with Crippen LogP contribution in [0.4, 0.5) is 0 Å². The lowest BCUT2D eigenvalue weighted by atomic mass is 9.95. The van der Waals surface area contributed by atoms with E-state index in [1.165, 1.54) is 0 Å². The molecule has 0 fully saturated rings. The van der Waals surface area contributed by atoms with Crippen LogP contribution in [0.3, 0.4) is 0 Å². The molecule has 0 unspecified atom stereocenters. The maximum absolute atomic E-state index is 10.7. The summed E-state index contributed by atoms with van der Waals surface area (Å²) in [6.07, 6.45) is -3.60. The summed E-state index contributed by atoms with van der Waals surface area (Å²) in [5.41, 5.74) is 2.65. The summed E-state index contributed by atoms with van der Waals surface area (Å²) in [6.45, 7) is 0.230. The topological polar surface area (TPSA) is 153 Å². The van der Waals surface area contributed by atoms with Crippen molar-refractivity contribution >= 4 is 12.2 Å². The van der Waals surface area contributed by atoms with E-state index in [0.29, 0.717) is 0 Å². The van der Waals surface area contributed by atoms with Crippen molar-refractivity contribution in [3.63, 3.8) is 0 Å². The first-order valence-corrected chi connectivity index (χ1v) is 4.48. The Bertz CT molecular complexity index is 257. The van der Waals surface area contributed by atoms with Crippen LogP contribution in [-0.4, -0.2) is 63.2 Å². The number of rotatable bonds is 6. The van der Waals surface area contributed by atoms with Gasteiger partial charge >= 0.3 is 0 Å². The van der Waals surface area contributed by atoms with Crippen LogP contribution in [0.15, 0.2) is 0 Å². The van der Waals surface area contributed by atoms with Gasteiger partial charge in [0.15, 0.2) is 5.72 Å². The lowest BCUT2D eigenvalue weighted by Gasteiger charge is -2.35. The molecule has 0 saturated carbocycles. The monoisotopic (exact) mass is 236 g/mol. The van der Waals surface area contributed by atoms with Gasteiger partial charge in [0, 0.05) is 6.92 Å². The van der Waals surface area contributed by atoms with Crippen LogP contribution < -0.4 is 11.1 Å². The second-order valence-electron chi connectivity index (χ2n) is 3.40. The van der Waals surface area contributed by atoms with Crippen LogP contribution in [0.2, 0.25) is 0 Å². The number of hydrogen-bond donors (Lipinski definition) is 6. The summed E-state index contributed by atoms with van der Waals surface area (Å²) >= 11 is 0. The standard InChI is InChI=1S/C8H16N2O6/c1-4(13)10-6(3-12)8(9,16)7(15)5(14)2-11/h3,5-7,11,14-16H,2,9H2,1H3,(H,10,13)/t5-,6+,7-,8-/m1/s1. The van der Waals surface area contributed by atoms with E-state index in [0.717, 1.165) is 6.92 Å². The van der Waals surface area contributed by atoms with Crippen molar-refractivity contribution in [3.8, 4) is 0 Å². The van der Waals surface area contributed by atoms with E-state index in [-0.39, 0.29) is 6.29 Å². The smallest absolute Gasteiger partial charge is 0.217 e. The van der Waals surface area contributed by atoms with Gasteiger partial charge in [0.25, 0.3) is 0 Å². The second kappa shape index (κ2) is 5.87. The van der Waals surface area contributed by atoms with E-state index < -0.39 is 36.5 Å². The van der Waals surface area contributed by atoms with Crippen LogP contribution in [0.25, 0.3) is 0 Å². The normalized spacial score (nSPS) is 20.4. The lowest BCUT2D eigenvalue weighted by Crippen LogP contribution is -2.68. The molecule has 7 N–H and O–H groups in total. The summed E-state index contributed by atoms with van der Waals surface area (Å²) in [6, 6.07) is -1.60. The Labute approximate surface area is 91.7 Å². The van der Waals surface area contributed by atoms with E-state index in [2.05, 4.69) is 0 Å². The minimum atomic E-state index is -2.57. The molecule has 0 aliphatic heterocycles. The summed E-state index contributed by atoms with van der Waals surface area (Å²) in [4.78, 5) is 21.3. The summed E-state index contributed by atoms with van der Waals surface area (Å²) in [5.74, 6) is -0.647. The van der Waals surface area contributed by atoms with E-state index >= 15 is 0 Å². The lowest BCUT2D eigenvalue weighted by molar-refractivity contribution is -0.156. The molecule has 0 aliphatic rings. The van der Waals surface area contributed by atoms with E-state index in [4.69, 9.17) is 15.9 Å². The molecule has 4 atom stereocenters. The number of aldehydes is 1. The van der Waals surface area contributed by atoms with Crippen LogP contribution in [0, 0.1) is 0 Å². The molecule has 8 heteroatoms. The average molecular weight is 236 g/mol. The number of hydrogen-bond acceptors (Lipinski definition) is 7. The van der Waals surface area contributed by atoms with Crippen molar-refractivity contribution in [1.82, 2.24) is 5.32 Å². The van der Waals surface area contributed by atoms with Gasteiger partial charge < -0.3 is 30.5 Å². The van der Waals surface area contributed by atoms with Crippen molar-refractivity contribution in [2.45, 2.75) is 30.9 Å². The highest BCUT2D eigenvalue weighted by Gasteiger charge is 2.43. The van der Waals surface area contributed by atoms with Crippen molar-refractivity contribution in [1.29, 1.82) is 0 Å². The maximum atomic E-state index is 10.7. The van der Waals surface area contributed by atoms with Gasteiger partial charge in [-0.1, -0.05) is 0 Å². The Balaban J connectivity index is 4.83. The molecule has 0 aliphatic carbocycles. The van der Waals surface area contributed by atoms with Gasteiger partial charge in [-0.3, -0.25) is 10.5 Å². The minimum Gasteiger partial charge on any atom is -0.394 e. The van der Waals surface area contributed by atoms with Crippen molar-refractivity contribution in [3.05, 3.63) is 0 Å². The Hall–Kier alpha value is -1.06. The number of nitrogens with one attached hydrogen (secondary N) is 1. The van der Waals surface area contributed by atoms with E-state index in [1.54, 1.807) is 0 Å². The predicted octanol–water partition coefficient (Wildman–Crippen LogP) is -3.95. The van der Waals surface area contributed by atoms with Gasteiger partial charge in [0.2, 0.25) is 5.91 Å². The SMILES string of the molecule is CC(=O)N[C@@H](C=O)[C@@](N)(O)[C@H](O)[C@H](O)CO. The third-order valence-electron chi connectivity index (χ3n) is 2.02. The first-order chi connectivity index (χ1) is 7.27. The Kier molecular flexibility index (Phi) is 5.48. The Morgan fingerprint density at radius 2 is 2.06 bits per heavy atom. The summed E-state index contributed by atoms with van der Waals surface area (Å²) in [7, 11) is 0. The largest absolute Gasteiger partial charge is 0.394 e.